The molecule has 8 heteroatoms. The fourth-order valence-corrected chi connectivity index (χ4v) is 3.92. The zero-order valence-electron chi connectivity index (χ0n) is 18.1. The third-order valence-corrected chi connectivity index (χ3v) is 5.53. The van der Waals surface area contributed by atoms with Crippen LogP contribution in [0.4, 0.5) is 4.79 Å². The van der Waals surface area contributed by atoms with Crippen LogP contribution in [0.3, 0.4) is 0 Å². The Kier molecular flexibility index (Phi) is 7.12. The topological polar surface area (TPSA) is 93.1 Å². The van der Waals surface area contributed by atoms with Gasteiger partial charge in [-0.25, -0.2) is 9.78 Å². The van der Waals surface area contributed by atoms with E-state index in [2.05, 4.69) is 15.6 Å². The Balaban J connectivity index is 1.91. The number of hydrogen-bond donors (Lipinski definition) is 2. The molecule has 0 saturated carbocycles. The fourth-order valence-electron chi connectivity index (χ4n) is 3.11. The molecule has 0 spiro atoms. The van der Waals surface area contributed by atoms with Gasteiger partial charge < -0.3 is 5.32 Å². The average Bonchev–Trinajstić information content (AvgIpc) is 2.72. The quantitative estimate of drug-likeness (QED) is 0.453. The summed E-state index contributed by atoms with van der Waals surface area (Å²) in [7, 11) is 0. The van der Waals surface area contributed by atoms with Crippen LogP contribution < -0.4 is 16.2 Å². The highest BCUT2D eigenvalue weighted by Crippen LogP contribution is 2.23. The van der Waals surface area contributed by atoms with E-state index in [0.29, 0.717) is 28.3 Å². The molecule has 0 unspecified atom stereocenters. The molecule has 3 aromatic rings. The van der Waals surface area contributed by atoms with Crippen LogP contribution >= 0.6 is 11.8 Å². The van der Waals surface area contributed by atoms with Crippen molar-refractivity contribution in [3.63, 3.8) is 0 Å². The molecule has 162 valence electrons. The lowest BCUT2D eigenvalue weighted by atomic mass is 10.1. The number of nitrogens with zero attached hydrogens (tertiary/aromatic N) is 2. The van der Waals surface area contributed by atoms with Crippen molar-refractivity contribution in [1.29, 1.82) is 0 Å². The number of aryl methyl sites for hydroxylation is 2. The number of thioether (sulfide) groups is 1. The number of rotatable bonds is 6. The lowest BCUT2D eigenvalue weighted by molar-refractivity contribution is -0.117. The molecule has 0 radical (unpaired) electrons. The summed E-state index contributed by atoms with van der Waals surface area (Å²) in [6, 6.07) is 12.4. The van der Waals surface area contributed by atoms with Gasteiger partial charge in [-0.2, -0.15) is 0 Å². The molecule has 0 bridgehead atoms. The van der Waals surface area contributed by atoms with Crippen LogP contribution in [0.25, 0.3) is 16.6 Å². The van der Waals surface area contributed by atoms with Crippen LogP contribution in [-0.4, -0.2) is 33.8 Å². The van der Waals surface area contributed by atoms with Crippen LogP contribution in [0.2, 0.25) is 0 Å². The maximum Gasteiger partial charge on any atom is 0.321 e. The van der Waals surface area contributed by atoms with Gasteiger partial charge in [0.05, 0.1) is 22.3 Å². The summed E-state index contributed by atoms with van der Waals surface area (Å²) in [5.74, 6) is -0.227. The highest BCUT2D eigenvalue weighted by molar-refractivity contribution is 7.99. The predicted molar refractivity (Wildman–Crippen MR) is 124 cm³/mol. The van der Waals surface area contributed by atoms with Crippen molar-refractivity contribution >= 4 is 34.6 Å². The predicted octanol–water partition coefficient (Wildman–Crippen LogP) is 3.58. The maximum atomic E-state index is 13.3. The van der Waals surface area contributed by atoms with E-state index in [1.807, 2.05) is 52.0 Å². The Labute approximate surface area is 185 Å². The Morgan fingerprint density at radius 1 is 1.13 bits per heavy atom. The molecular weight excluding hydrogens is 412 g/mol. The highest BCUT2D eigenvalue weighted by atomic mass is 32.2. The van der Waals surface area contributed by atoms with E-state index in [9.17, 15) is 14.4 Å². The van der Waals surface area contributed by atoms with E-state index in [4.69, 9.17) is 0 Å². The summed E-state index contributed by atoms with van der Waals surface area (Å²) < 4.78 is 1.54. The second-order valence-electron chi connectivity index (χ2n) is 7.78. The second kappa shape index (κ2) is 9.78. The van der Waals surface area contributed by atoms with Crippen molar-refractivity contribution in [1.82, 2.24) is 20.2 Å². The Hall–Kier alpha value is -3.13. The Morgan fingerprint density at radius 3 is 2.58 bits per heavy atom. The van der Waals surface area contributed by atoms with Gasteiger partial charge in [0.25, 0.3) is 5.56 Å². The molecule has 7 nitrogen and oxygen atoms in total. The van der Waals surface area contributed by atoms with Crippen LogP contribution in [0.15, 0.2) is 52.4 Å². The number of fused-ring (bicyclic) bond motifs is 1. The van der Waals surface area contributed by atoms with Gasteiger partial charge in [0.1, 0.15) is 0 Å². The van der Waals surface area contributed by atoms with E-state index in [1.165, 1.54) is 4.57 Å². The minimum absolute atomic E-state index is 0.0508. The first-order chi connectivity index (χ1) is 14.8. The van der Waals surface area contributed by atoms with Crippen molar-refractivity contribution < 1.29 is 9.59 Å². The maximum absolute atomic E-state index is 13.3. The third kappa shape index (κ3) is 5.52. The van der Waals surface area contributed by atoms with Gasteiger partial charge >= 0.3 is 6.03 Å². The van der Waals surface area contributed by atoms with Crippen molar-refractivity contribution in [2.75, 3.05) is 12.3 Å². The molecule has 3 rings (SSSR count). The van der Waals surface area contributed by atoms with Crippen LogP contribution in [0.1, 0.15) is 25.0 Å². The van der Waals surface area contributed by atoms with Crippen molar-refractivity contribution in [3.05, 3.63) is 63.9 Å². The first-order valence-electron chi connectivity index (χ1n) is 10.1. The van der Waals surface area contributed by atoms with Gasteiger partial charge in [0.15, 0.2) is 5.16 Å². The largest absolute Gasteiger partial charge is 0.338 e. The van der Waals surface area contributed by atoms with E-state index in [1.54, 1.807) is 18.2 Å². The van der Waals surface area contributed by atoms with Gasteiger partial charge in [0.2, 0.25) is 5.91 Å². The SMILES string of the molecule is Cc1ccc(-n2c(SCC(=O)NC(=O)NCC(C)C)nc3ccccc3c2=O)c(C)c1. The van der Waals surface area contributed by atoms with E-state index in [-0.39, 0.29) is 17.2 Å². The van der Waals surface area contributed by atoms with Gasteiger partial charge in [-0.3, -0.25) is 19.5 Å². The molecule has 0 atom stereocenters. The lowest BCUT2D eigenvalue weighted by Crippen LogP contribution is -2.41. The number of carbonyl (C=O) groups is 2. The molecule has 1 heterocycles. The average molecular weight is 439 g/mol. The molecule has 0 aliphatic heterocycles. The molecule has 0 aliphatic rings. The molecule has 2 N–H and O–H groups in total. The summed E-state index contributed by atoms with van der Waals surface area (Å²) >= 11 is 1.12. The van der Waals surface area contributed by atoms with Crippen molar-refractivity contribution in [2.24, 2.45) is 5.92 Å². The highest BCUT2D eigenvalue weighted by Gasteiger charge is 2.17. The number of imide groups is 1. The molecule has 2 aromatic carbocycles. The summed E-state index contributed by atoms with van der Waals surface area (Å²) in [6.07, 6.45) is 0. The number of hydrogen-bond acceptors (Lipinski definition) is 5. The van der Waals surface area contributed by atoms with Gasteiger partial charge in [-0.1, -0.05) is 55.4 Å². The van der Waals surface area contributed by atoms with Gasteiger partial charge in [-0.05, 0) is 43.5 Å². The van der Waals surface area contributed by atoms with Crippen LogP contribution in [-0.2, 0) is 4.79 Å². The van der Waals surface area contributed by atoms with Gasteiger partial charge in [-0.15, -0.1) is 0 Å². The first-order valence-corrected chi connectivity index (χ1v) is 11.0. The summed E-state index contributed by atoms with van der Waals surface area (Å²) in [6.45, 7) is 8.34. The lowest BCUT2D eigenvalue weighted by Gasteiger charge is -2.15. The Morgan fingerprint density at radius 2 is 1.87 bits per heavy atom. The molecule has 1 aromatic heterocycles. The summed E-state index contributed by atoms with van der Waals surface area (Å²) in [5, 5.41) is 5.85. The van der Waals surface area contributed by atoms with Crippen LogP contribution in [0.5, 0.6) is 0 Å². The number of benzene rings is 2. The van der Waals surface area contributed by atoms with Crippen LogP contribution in [0, 0.1) is 19.8 Å². The summed E-state index contributed by atoms with van der Waals surface area (Å²) in [4.78, 5) is 42.0. The summed E-state index contributed by atoms with van der Waals surface area (Å²) in [5.41, 5.74) is 3.09. The minimum atomic E-state index is -0.530. The standard InChI is InChI=1S/C23H26N4O3S/c1-14(2)12-24-22(30)26-20(28)13-31-23-25-18-8-6-5-7-17(18)21(29)27(23)19-10-9-15(3)11-16(19)4/h5-11,14H,12-13H2,1-4H3,(H2,24,26,28,30). The van der Waals surface area contributed by atoms with E-state index >= 15 is 0 Å². The number of carbonyl (C=O) groups excluding carboxylic acids is 2. The molecule has 0 fully saturated rings. The zero-order valence-corrected chi connectivity index (χ0v) is 18.9. The first kappa shape index (κ1) is 22.6. The number of nitrogens with one attached hydrogen (secondary N) is 2. The monoisotopic (exact) mass is 438 g/mol. The number of aromatic nitrogens is 2. The van der Waals surface area contributed by atoms with Crippen molar-refractivity contribution in [2.45, 2.75) is 32.9 Å². The van der Waals surface area contributed by atoms with Crippen molar-refractivity contribution in [3.8, 4) is 5.69 Å². The molecule has 0 aliphatic carbocycles. The molecule has 0 saturated heterocycles. The third-order valence-electron chi connectivity index (χ3n) is 4.59. The van der Waals surface area contributed by atoms with Gasteiger partial charge in [0, 0.05) is 6.54 Å². The van der Waals surface area contributed by atoms with E-state index < -0.39 is 11.9 Å². The number of para-hydroxylation sites is 1. The molecule has 3 amide bonds. The zero-order chi connectivity index (χ0) is 22.5. The molecule has 31 heavy (non-hydrogen) atoms. The second-order valence-corrected chi connectivity index (χ2v) is 8.73. The van der Waals surface area contributed by atoms with E-state index in [0.717, 1.165) is 22.9 Å². The Bertz CT molecular complexity index is 1190. The number of urea groups is 1. The molecular formula is C23H26N4O3S. The number of amides is 3. The minimum Gasteiger partial charge on any atom is -0.338 e. The fraction of sp³-hybridized carbons (Fsp3) is 0.304. The smallest absolute Gasteiger partial charge is 0.321 e. The normalized spacial score (nSPS) is 11.0.